The van der Waals surface area contributed by atoms with Crippen LogP contribution in [0.2, 0.25) is 0 Å². The second-order valence-corrected chi connectivity index (χ2v) is 3.28. The Balaban J connectivity index is 1.76. The molecular formula is C8H14N4O2. The van der Waals surface area contributed by atoms with Crippen LogP contribution >= 0.6 is 0 Å². The standard InChI is InChI=1S/C8H14N4O2/c9-8-10-5-12(11-8)6-14-7-2-1-3-13-4-7/h5,7H,1-4,6H2,(H2,9,11). The lowest BCUT2D eigenvalue weighted by Crippen LogP contribution is -2.26. The summed E-state index contributed by atoms with van der Waals surface area (Å²) in [5.74, 6) is 0.272. The van der Waals surface area contributed by atoms with Gasteiger partial charge in [0.05, 0.1) is 12.7 Å². The Hall–Kier alpha value is -1.14. The van der Waals surface area contributed by atoms with Crippen molar-refractivity contribution in [2.45, 2.75) is 25.7 Å². The lowest BCUT2D eigenvalue weighted by atomic mass is 10.2. The molecule has 0 bridgehead atoms. The van der Waals surface area contributed by atoms with E-state index in [1.54, 1.807) is 11.0 Å². The molecule has 0 radical (unpaired) electrons. The molecule has 0 aliphatic carbocycles. The smallest absolute Gasteiger partial charge is 0.239 e. The Morgan fingerprint density at radius 2 is 2.64 bits per heavy atom. The number of nitrogens with two attached hydrogens (primary N) is 1. The van der Waals surface area contributed by atoms with E-state index in [0.29, 0.717) is 13.3 Å². The van der Waals surface area contributed by atoms with E-state index in [9.17, 15) is 0 Å². The second-order valence-electron chi connectivity index (χ2n) is 3.28. The van der Waals surface area contributed by atoms with Crippen molar-refractivity contribution < 1.29 is 9.47 Å². The molecule has 6 nitrogen and oxygen atoms in total. The third kappa shape index (κ3) is 2.43. The van der Waals surface area contributed by atoms with E-state index in [1.807, 2.05) is 0 Å². The molecule has 0 aromatic carbocycles. The number of rotatable bonds is 3. The summed E-state index contributed by atoms with van der Waals surface area (Å²) in [7, 11) is 0. The van der Waals surface area contributed by atoms with Gasteiger partial charge in [-0.25, -0.2) is 9.67 Å². The number of aromatic nitrogens is 3. The highest BCUT2D eigenvalue weighted by molar-refractivity contribution is 5.08. The van der Waals surface area contributed by atoms with Crippen LogP contribution in [0.1, 0.15) is 12.8 Å². The predicted molar refractivity (Wildman–Crippen MR) is 49.4 cm³/mol. The molecule has 2 heterocycles. The van der Waals surface area contributed by atoms with Crippen LogP contribution in [-0.2, 0) is 16.2 Å². The van der Waals surface area contributed by atoms with Gasteiger partial charge in [-0.2, -0.15) is 0 Å². The predicted octanol–water partition coefficient (Wildman–Crippen LogP) is 0.0134. The first-order valence-corrected chi connectivity index (χ1v) is 4.69. The molecule has 6 heteroatoms. The zero-order chi connectivity index (χ0) is 9.80. The first kappa shape index (κ1) is 9.42. The third-order valence-corrected chi connectivity index (χ3v) is 2.12. The molecule has 1 aromatic rings. The van der Waals surface area contributed by atoms with Gasteiger partial charge < -0.3 is 15.2 Å². The van der Waals surface area contributed by atoms with E-state index >= 15 is 0 Å². The highest BCUT2D eigenvalue weighted by atomic mass is 16.5. The van der Waals surface area contributed by atoms with Crippen LogP contribution < -0.4 is 5.73 Å². The molecule has 0 spiro atoms. The first-order valence-electron chi connectivity index (χ1n) is 4.69. The van der Waals surface area contributed by atoms with Crippen LogP contribution in [0.25, 0.3) is 0 Å². The van der Waals surface area contributed by atoms with Crippen molar-refractivity contribution in [1.82, 2.24) is 14.8 Å². The maximum Gasteiger partial charge on any atom is 0.239 e. The Morgan fingerprint density at radius 1 is 1.71 bits per heavy atom. The summed E-state index contributed by atoms with van der Waals surface area (Å²) in [4.78, 5) is 3.80. The zero-order valence-electron chi connectivity index (χ0n) is 7.93. The zero-order valence-corrected chi connectivity index (χ0v) is 7.93. The van der Waals surface area contributed by atoms with Crippen molar-refractivity contribution in [3.05, 3.63) is 6.33 Å². The van der Waals surface area contributed by atoms with E-state index in [2.05, 4.69) is 10.1 Å². The molecule has 78 valence electrons. The van der Waals surface area contributed by atoms with Crippen molar-refractivity contribution in [2.75, 3.05) is 18.9 Å². The lowest BCUT2D eigenvalue weighted by Gasteiger charge is -2.21. The molecule has 1 saturated heterocycles. The van der Waals surface area contributed by atoms with Crippen LogP contribution in [0.3, 0.4) is 0 Å². The van der Waals surface area contributed by atoms with Crippen LogP contribution in [0, 0.1) is 0 Å². The van der Waals surface area contributed by atoms with Gasteiger partial charge in [0.25, 0.3) is 0 Å². The SMILES string of the molecule is Nc1ncn(COC2CCCOC2)n1. The van der Waals surface area contributed by atoms with Crippen molar-refractivity contribution in [1.29, 1.82) is 0 Å². The second kappa shape index (κ2) is 4.39. The summed E-state index contributed by atoms with van der Waals surface area (Å²) in [5, 5.41) is 3.91. The highest BCUT2D eigenvalue weighted by Gasteiger charge is 2.14. The molecule has 1 atom stereocenters. The van der Waals surface area contributed by atoms with E-state index in [0.717, 1.165) is 19.4 Å². The normalized spacial score (nSPS) is 22.4. The van der Waals surface area contributed by atoms with E-state index in [-0.39, 0.29) is 12.1 Å². The summed E-state index contributed by atoms with van der Waals surface area (Å²) < 4.78 is 12.4. The quantitative estimate of drug-likeness (QED) is 0.740. The van der Waals surface area contributed by atoms with E-state index in [1.165, 1.54) is 0 Å². The average molecular weight is 198 g/mol. The minimum absolute atomic E-state index is 0.175. The molecule has 14 heavy (non-hydrogen) atoms. The molecule has 0 amide bonds. The fourth-order valence-electron chi connectivity index (χ4n) is 1.40. The van der Waals surface area contributed by atoms with E-state index in [4.69, 9.17) is 15.2 Å². The molecule has 1 aromatic heterocycles. The molecule has 1 fully saturated rings. The first-order chi connectivity index (χ1) is 6.84. The molecule has 2 rings (SSSR count). The Morgan fingerprint density at radius 3 is 3.29 bits per heavy atom. The number of nitrogens with zero attached hydrogens (tertiary/aromatic N) is 3. The van der Waals surface area contributed by atoms with Crippen LogP contribution in [0.4, 0.5) is 5.95 Å². The number of hydrogen-bond donors (Lipinski definition) is 1. The summed E-state index contributed by atoms with van der Waals surface area (Å²) in [6.07, 6.45) is 3.84. The summed E-state index contributed by atoms with van der Waals surface area (Å²) >= 11 is 0. The molecule has 2 N–H and O–H groups in total. The molecule has 1 unspecified atom stereocenters. The fraction of sp³-hybridized carbons (Fsp3) is 0.750. The third-order valence-electron chi connectivity index (χ3n) is 2.12. The Labute approximate surface area is 82.0 Å². The van der Waals surface area contributed by atoms with Crippen molar-refractivity contribution in [2.24, 2.45) is 0 Å². The van der Waals surface area contributed by atoms with E-state index < -0.39 is 0 Å². The molecule has 1 aliphatic heterocycles. The van der Waals surface area contributed by atoms with Crippen LogP contribution in [0.15, 0.2) is 6.33 Å². The monoisotopic (exact) mass is 198 g/mol. The van der Waals surface area contributed by atoms with Crippen LogP contribution in [-0.4, -0.2) is 34.1 Å². The van der Waals surface area contributed by atoms with Gasteiger partial charge in [-0.15, -0.1) is 5.10 Å². The van der Waals surface area contributed by atoms with Crippen molar-refractivity contribution >= 4 is 5.95 Å². The van der Waals surface area contributed by atoms with Gasteiger partial charge in [0.15, 0.2) is 0 Å². The Kier molecular flexibility index (Phi) is 2.95. The maximum absolute atomic E-state index is 5.56. The Bertz CT molecular complexity index is 283. The lowest BCUT2D eigenvalue weighted by molar-refractivity contribution is -0.0760. The number of nitrogen functional groups attached to an aromatic ring is 1. The topological polar surface area (TPSA) is 75.2 Å². The highest BCUT2D eigenvalue weighted by Crippen LogP contribution is 2.10. The largest absolute Gasteiger partial charge is 0.379 e. The molecular weight excluding hydrogens is 184 g/mol. The van der Waals surface area contributed by atoms with Crippen molar-refractivity contribution in [3.63, 3.8) is 0 Å². The average Bonchev–Trinajstić information content (AvgIpc) is 2.63. The number of hydrogen-bond acceptors (Lipinski definition) is 5. The summed E-state index contributed by atoms with van der Waals surface area (Å²) in [6, 6.07) is 0. The van der Waals surface area contributed by atoms with Gasteiger partial charge in [-0.1, -0.05) is 0 Å². The van der Waals surface area contributed by atoms with Gasteiger partial charge in [0.1, 0.15) is 13.1 Å². The maximum atomic E-state index is 5.56. The van der Waals surface area contributed by atoms with Gasteiger partial charge in [-0.3, -0.25) is 0 Å². The van der Waals surface area contributed by atoms with Crippen LogP contribution in [0.5, 0.6) is 0 Å². The minimum Gasteiger partial charge on any atom is -0.379 e. The van der Waals surface area contributed by atoms with Crippen molar-refractivity contribution in [3.8, 4) is 0 Å². The number of anilines is 1. The van der Waals surface area contributed by atoms with Gasteiger partial charge in [-0.05, 0) is 12.8 Å². The summed E-state index contributed by atoms with van der Waals surface area (Å²) in [6.45, 7) is 1.90. The molecule has 1 aliphatic rings. The minimum atomic E-state index is 0.175. The molecule has 0 saturated carbocycles. The van der Waals surface area contributed by atoms with Gasteiger partial charge >= 0.3 is 0 Å². The fourth-order valence-corrected chi connectivity index (χ4v) is 1.40. The van der Waals surface area contributed by atoms with Gasteiger partial charge in [0.2, 0.25) is 5.95 Å². The summed E-state index contributed by atoms with van der Waals surface area (Å²) in [5.41, 5.74) is 5.36. The number of ether oxygens (including phenoxy) is 2. The van der Waals surface area contributed by atoms with Gasteiger partial charge in [0, 0.05) is 6.61 Å².